The lowest BCUT2D eigenvalue weighted by molar-refractivity contribution is -0.143. The van der Waals surface area contributed by atoms with Crippen LogP contribution in [0.15, 0.2) is 24.3 Å². The summed E-state index contributed by atoms with van der Waals surface area (Å²) in [5, 5.41) is 12.1. The molecular formula is C16H21NO4S. The predicted molar refractivity (Wildman–Crippen MR) is 86.6 cm³/mol. The number of nitrogens with one attached hydrogen (secondary N) is 1. The number of carbonyl (C=O) groups is 2. The Hall–Kier alpha value is -1.69. The second-order valence-electron chi connectivity index (χ2n) is 5.87. The summed E-state index contributed by atoms with van der Waals surface area (Å²) in [7, 11) is 0. The van der Waals surface area contributed by atoms with Gasteiger partial charge < -0.3 is 15.2 Å². The number of hydrogen-bond donors (Lipinski definition) is 2. The van der Waals surface area contributed by atoms with Crippen LogP contribution in [-0.2, 0) is 4.79 Å². The topological polar surface area (TPSA) is 75.6 Å². The number of thioether (sulfide) groups is 1. The summed E-state index contributed by atoms with van der Waals surface area (Å²) in [6.45, 7) is 4.74. The second-order valence-corrected chi connectivity index (χ2v) is 6.98. The van der Waals surface area contributed by atoms with E-state index < -0.39 is 11.5 Å². The third-order valence-corrected chi connectivity index (χ3v) is 4.67. The number of hydrogen-bond acceptors (Lipinski definition) is 4. The van der Waals surface area contributed by atoms with Gasteiger partial charge in [-0.05, 0) is 42.4 Å². The largest absolute Gasteiger partial charge is 0.493 e. The highest BCUT2D eigenvalue weighted by Crippen LogP contribution is 2.28. The number of benzene rings is 1. The van der Waals surface area contributed by atoms with Crippen molar-refractivity contribution in [3.63, 3.8) is 0 Å². The van der Waals surface area contributed by atoms with Crippen LogP contribution in [0.4, 0.5) is 0 Å². The molecule has 0 aliphatic carbocycles. The number of ether oxygens (including phenoxy) is 1. The van der Waals surface area contributed by atoms with Gasteiger partial charge in [-0.15, -0.1) is 0 Å². The average molecular weight is 323 g/mol. The van der Waals surface area contributed by atoms with E-state index in [1.54, 1.807) is 36.0 Å². The van der Waals surface area contributed by atoms with Crippen LogP contribution in [0, 0.1) is 5.92 Å². The highest BCUT2D eigenvalue weighted by Gasteiger charge is 2.43. The van der Waals surface area contributed by atoms with E-state index in [0.29, 0.717) is 36.0 Å². The molecule has 0 radical (unpaired) electrons. The first-order valence-electron chi connectivity index (χ1n) is 7.29. The summed E-state index contributed by atoms with van der Waals surface area (Å²) in [6.07, 6.45) is 0.453. The van der Waals surface area contributed by atoms with Crippen LogP contribution < -0.4 is 10.1 Å². The Labute approximate surface area is 134 Å². The maximum Gasteiger partial charge on any atom is 0.330 e. The minimum atomic E-state index is -1.14. The number of aliphatic carboxylic acids is 1. The number of rotatable bonds is 6. The van der Waals surface area contributed by atoms with Gasteiger partial charge in [0.25, 0.3) is 5.91 Å². The van der Waals surface area contributed by atoms with Gasteiger partial charge in [-0.25, -0.2) is 4.79 Å². The highest BCUT2D eigenvalue weighted by atomic mass is 32.2. The van der Waals surface area contributed by atoms with E-state index in [2.05, 4.69) is 19.2 Å². The third-order valence-electron chi connectivity index (χ3n) is 3.48. The van der Waals surface area contributed by atoms with Crippen LogP contribution in [-0.4, -0.2) is 40.6 Å². The average Bonchev–Trinajstić information content (AvgIpc) is 2.95. The van der Waals surface area contributed by atoms with Gasteiger partial charge in [-0.3, -0.25) is 4.79 Å². The standard InChI is InChI=1S/C16H21NO4S/c1-11(2)9-21-13-5-3-12(4-6-13)14(18)17-16(15(19)20)7-8-22-10-16/h3-6,11H,7-10H2,1-2H3,(H,17,18)(H,19,20). The van der Waals surface area contributed by atoms with E-state index in [4.69, 9.17) is 4.74 Å². The molecule has 0 spiro atoms. The monoisotopic (exact) mass is 323 g/mol. The summed E-state index contributed by atoms with van der Waals surface area (Å²) < 4.78 is 5.56. The molecule has 2 rings (SSSR count). The molecule has 1 aliphatic rings. The van der Waals surface area contributed by atoms with Gasteiger partial charge in [0.15, 0.2) is 0 Å². The smallest absolute Gasteiger partial charge is 0.330 e. The Balaban J connectivity index is 2.02. The predicted octanol–water partition coefficient (Wildman–Crippen LogP) is 2.41. The van der Waals surface area contributed by atoms with Gasteiger partial charge in [0.1, 0.15) is 11.3 Å². The van der Waals surface area contributed by atoms with Gasteiger partial charge in [0, 0.05) is 11.3 Å². The fraction of sp³-hybridized carbons (Fsp3) is 0.500. The molecule has 1 aromatic rings. The minimum Gasteiger partial charge on any atom is -0.493 e. The first-order valence-corrected chi connectivity index (χ1v) is 8.45. The SMILES string of the molecule is CC(C)COc1ccc(C(=O)NC2(C(=O)O)CCSC2)cc1. The van der Waals surface area contributed by atoms with Crippen molar-refractivity contribution in [2.75, 3.05) is 18.1 Å². The van der Waals surface area contributed by atoms with Crippen molar-refractivity contribution in [1.29, 1.82) is 0 Å². The van der Waals surface area contributed by atoms with Gasteiger partial charge in [-0.2, -0.15) is 11.8 Å². The third kappa shape index (κ3) is 3.94. The number of carboxylic acid groups (broad SMARTS) is 1. The molecule has 1 aromatic carbocycles. The summed E-state index contributed by atoms with van der Waals surface area (Å²) >= 11 is 1.54. The summed E-state index contributed by atoms with van der Waals surface area (Å²) in [5.74, 6) is 0.953. The molecule has 0 aromatic heterocycles. The van der Waals surface area contributed by atoms with Crippen LogP contribution in [0.25, 0.3) is 0 Å². The molecule has 1 unspecified atom stereocenters. The first kappa shape index (κ1) is 16.7. The summed E-state index contributed by atoms with van der Waals surface area (Å²) in [4.78, 5) is 23.7. The van der Waals surface area contributed by atoms with Gasteiger partial charge >= 0.3 is 5.97 Å². The van der Waals surface area contributed by atoms with E-state index in [-0.39, 0.29) is 5.91 Å². The lowest BCUT2D eigenvalue weighted by Crippen LogP contribution is -2.54. The normalized spacial score (nSPS) is 20.9. The Morgan fingerprint density at radius 2 is 2.05 bits per heavy atom. The highest BCUT2D eigenvalue weighted by molar-refractivity contribution is 7.99. The first-order chi connectivity index (χ1) is 10.4. The second kappa shape index (κ2) is 7.05. The van der Waals surface area contributed by atoms with Crippen LogP contribution >= 0.6 is 11.8 Å². The molecule has 0 bridgehead atoms. The molecule has 1 amide bonds. The number of carbonyl (C=O) groups excluding carboxylic acids is 1. The molecule has 6 heteroatoms. The molecule has 0 saturated carbocycles. The number of amides is 1. The molecule has 1 heterocycles. The zero-order chi connectivity index (χ0) is 16.2. The fourth-order valence-corrected chi connectivity index (χ4v) is 3.47. The van der Waals surface area contributed by atoms with Crippen molar-refractivity contribution in [3.05, 3.63) is 29.8 Å². The zero-order valence-corrected chi connectivity index (χ0v) is 13.6. The molecular weight excluding hydrogens is 302 g/mol. The Bertz CT molecular complexity index is 536. The van der Waals surface area contributed by atoms with E-state index in [1.165, 1.54) is 0 Å². The van der Waals surface area contributed by atoms with Crippen molar-refractivity contribution in [3.8, 4) is 5.75 Å². The van der Waals surface area contributed by atoms with Gasteiger partial charge in [0.2, 0.25) is 0 Å². The molecule has 1 fully saturated rings. The molecule has 1 aliphatic heterocycles. The molecule has 1 atom stereocenters. The van der Waals surface area contributed by atoms with Crippen molar-refractivity contribution in [1.82, 2.24) is 5.32 Å². The van der Waals surface area contributed by atoms with Crippen LogP contribution in [0.1, 0.15) is 30.6 Å². The lowest BCUT2D eigenvalue weighted by atomic mass is 9.98. The van der Waals surface area contributed by atoms with Gasteiger partial charge in [-0.1, -0.05) is 13.8 Å². The Morgan fingerprint density at radius 3 is 2.55 bits per heavy atom. The van der Waals surface area contributed by atoms with E-state index >= 15 is 0 Å². The molecule has 1 saturated heterocycles. The van der Waals surface area contributed by atoms with Crippen LogP contribution in [0.3, 0.4) is 0 Å². The maximum atomic E-state index is 12.3. The number of carboxylic acids is 1. The maximum absolute atomic E-state index is 12.3. The molecule has 2 N–H and O–H groups in total. The van der Waals surface area contributed by atoms with Crippen molar-refractivity contribution in [2.45, 2.75) is 25.8 Å². The molecule has 5 nitrogen and oxygen atoms in total. The Morgan fingerprint density at radius 1 is 1.36 bits per heavy atom. The van der Waals surface area contributed by atoms with Crippen molar-refractivity contribution in [2.24, 2.45) is 5.92 Å². The van der Waals surface area contributed by atoms with Crippen molar-refractivity contribution < 1.29 is 19.4 Å². The van der Waals surface area contributed by atoms with Crippen molar-refractivity contribution >= 4 is 23.6 Å². The van der Waals surface area contributed by atoms with E-state index in [0.717, 1.165) is 5.75 Å². The summed E-state index contributed by atoms with van der Waals surface area (Å²) in [6, 6.07) is 6.77. The van der Waals surface area contributed by atoms with Gasteiger partial charge in [0.05, 0.1) is 6.61 Å². The Kier molecular flexibility index (Phi) is 5.34. The zero-order valence-electron chi connectivity index (χ0n) is 12.8. The molecule has 22 heavy (non-hydrogen) atoms. The van der Waals surface area contributed by atoms with Crippen LogP contribution in [0.5, 0.6) is 5.75 Å². The summed E-state index contributed by atoms with van der Waals surface area (Å²) in [5.41, 5.74) is -0.705. The quantitative estimate of drug-likeness (QED) is 0.841. The van der Waals surface area contributed by atoms with E-state index in [9.17, 15) is 14.7 Å². The minimum absolute atomic E-state index is 0.361. The van der Waals surface area contributed by atoms with E-state index in [1.807, 2.05) is 0 Å². The lowest BCUT2D eigenvalue weighted by Gasteiger charge is -2.24. The molecule has 120 valence electrons. The van der Waals surface area contributed by atoms with Crippen LogP contribution in [0.2, 0.25) is 0 Å². The fourth-order valence-electron chi connectivity index (χ4n) is 2.14.